The number of anilines is 1. The summed E-state index contributed by atoms with van der Waals surface area (Å²) in [5, 5.41) is 3.45. The number of ether oxygens (including phenoxy) is 3. The van der Waals surface area contributed by atoms with Gasteiger partial charge in [-0.15, -0.1) is 0 Å². The molecule has 1 N–H and O–H groups in total. The van der Waals surface area contributed by atoms with Gasteiger partial charge in [0, 0.05) is 43.6 Å². The number of nitrogens with zero attached hydrogens (tertiary/aromatic N) is 1. The number of hydrogen-bond donors (Lipinski definition) is 1. The topological polar surface area (TPSA) is 44.6 Å². The first-order valence-electron chi connectivity index (χ1n) is 7.81. The molecule has 0 bridgehead atoms. The molecule has 0 radical (unpaired) electrons. The third-order valence-electron chi connectivity index (χ3n) is 3.87. The molecule has 5 nitrogen and oxygen atoms in total. The van der Waals surface area contributed by atoms with Crippen molar-refractivity contribution in [3.63, 3.8) is 0 Å². The Morgan fingerprint density at radius 1 is 1.17 bits per heavy atom. The van der Waals surface area contributed by atoms with Crippen molar-refractivity contribution < 1.29 is 14.2 Å². The number of hydrogen-bond acceptors (Lipinski definition) is 4. The minimum absolute atomic E-state index is 0.0947. The van der Waals surface area contributed by atoms with Crippen LogP contribution in [0.5, 0.6) is 11.5 Å². The van der Waals surface area contributed by atoms with Crippen LogP contribution in [-0.2, 0) is 18.3 Å². The molecule has 0 aliphatic carbocycles. The Balaban J connectivity index is 2.09. The van der Waals surface area contributed by atoms with Crippen molar-refractivity contribution in [2.45, 2.75) is 26.5 Å². The van der Waals surface area contributed by atoms with Crippen LogP contribution in [0.3, 0.4) is 0 Å². The summed E-state index contributed by atoms with van der Waals surface area (Å²) in [6.07, 6.45) is 2.19. The Kier molecular flexibility index (Phi) is 5.93. The fourth-order valence-corrected chi connectivity index (χ4v) is 2.52. The molecule has 126 valence electrons. The van der Waals surface area contributed by atoms with E-state index in [9.17, 15) is 0 Å². The molecule has 23 heavy (non-hydrogen) atoms. The third kappa shape index (κ3) is 4.20. The molecule has 2 rings (SSSR count). The summed E-state index contributed by atoms with van der Waals surface area (Å²) in [7, 11) is 5.34. The Morgan fingerprint density at radius 2 is 1.96 bits per heavy atom. The number of aromatic nitrogens is 1. The Bertz CT molecular complexity index is 637. The number of rotatable bonds is 8. The Labute approximate surface area is 138 Å². The number of nitrogens with one attached hydrogen (secondary N) is 1. The molecular weight excluding hydrogens is 292 g/mol. The van der Waals surface area contributed by atoms with Gasteiger partial charge in [-0.3, -0.25) is 0 Å². The van der Waals surface area contributed by atoms with Gasteiger partial charge in [0.25, 0.3) is 0 Å². The van der Waals surface area contributed by atoms with Crippen molar-refractivity contribution in [1.82, 2.24) is 4.57 Å². The normalized spacial score (nSPS) is 12.0. The molecular formula is C18H26N2O3. The molecule has 1 unspecified atom stereocenters. The van der Waals surface area contributed by atoms with E-state index in [0.717, 1.165) is 22.9 Å². The van der Waals surface area contributed by atoms with Crippen molar-refractivity contribution in [3.05, 3.63) is 41.6 Å². The summed E-state index contributed by atoms with van der Waals surface area (Å²) in [5.41, 5.74) is 2.24. The molecule has 1 aromatic heterocycles. The highest BCUT2D eigenvalue weighted by Gasteiger charge is 2.11. The molecule has 5 heteroatoms. The number of methoxy groups -OCH3 is 2. The van der Waals surface area contributed by atoms with Gasteiger partial charge < -0.3 is 24.1 Å². The van der Waals surface area contributed by atoms with Crippen LogP contribution in [0.1, 0.15) is 31.1 Å². The molecule has 0 saturated heterocycles. The van der Waals surface area contributed by atoms with Crippen LogP contribution in [-0.4, -0.2) is 25.4 Å². The summed E-state index contributed by atoms with van der Waals surface area (Å²) in [6, 6.07) is 7.96. The fraction of sp³-hybridized carbons (Fsp3) is 0.444. The van der Waals surface area contributed by atoms with Crippen LogP contribution >= 0.6 is 0 Å². The second-order valence-corrected chi connectivity index (χ2v) is 5.40. The van der Waals surface area contributed by atoms with Gasteiger partial charge in [0.2, 0.25) is 0 Å². The lowest BCUT2D eigenvalue weighted by molar-refractivity contribution is 0.0764. The van der Waals surface area contributed by atoms with Crippen molar-refractivity contribution >= 4 is 5.82 Å². The maximum atomic E-state index is 5.65. The van der Waals surface area contributed by atoms with Crippen LogP contribution in [0.2, 0.25) is 0 Å². The zero-order valence-electron chi connectivity index (χ0n) is 14.6. The first kappa shape index (κ1) is 17.2. The van der Waals surface area contributed by atoms with Gasteiger partial charge in [-0.05, 0) is 32.0 Å². The largest absolute Gasteiger partial charge is 0.497 e. The summed E-state index contributed by atoms with van der Waals surface area (Å²) in [5.74, 6) is 2.65. The predicted molar refractivity (Wildman–Crippen MR) is 92.3 cm³/mol. The zero-order chi connectivity index (χ0) is 16.8. The SMILES string of the molecule is CCOC(C)c1cc(NCc2ccc(OC)cc2OC)n(C)c1. The molecule has 0 fully saturated rings. The highest BCUT2D eigenvalue weighted by molar-refractivity contribution is 5.46. The van der Waals surface area contributed by atoms with E-state index in [2.05, 4.69) is 29.1 Å². The van der Waals surface area contributed by atoms with Gasteiger partial charge in [0.15, 0.2) is 0 Å². The van der Waals surface area contributed by atoms with Gasteiger partial charge in [-0.2, -0.15) is 0 Å². The summed E-state index contributed by atoms with van der Waals surface area (Å²) in [6.45, 7) is 5.46. The minimum Gasteiger partial charge on any atom is -0.497 e. The fourth-order valence-electron chi connectivity index (χ4n) is 2.52. The molecule has 0 aliphatic rings. The summed E-state index contributed by atoms with van der Waals surface area (Å²) in [4.78, 5) is 0. The average Bonchev–Trinajstić information content (AvgIpc) is 2.94. The summed E-state index contributed by atoms with van der Waals surface area (Å²) < 4.78 is 18.4. The monoisotopic (exact) mass is 318 g/mol. The van der Waals surface area contributed by atoms with Gasteiger partial charge in [-0.25, -0.2) is 0 Å². The first-order valence-corrected chi connectivity index (χ1v) is 7.81. The van der Waals surface area contributed by atoms with E-state index in [1.165, 1.54) is 5.56 Å². The highest BCUT2D eigenvalue weighted by atomic mass is 16.5. The van der Waals surface area contributed by atoms with Gasteiger partial charge in [0.1, 0.15) is 17.3 Å². The molecule has 0 saturated carbocycles. The predicted octanol–water partition coefficient (Wildman–Crippen LogP) is 3.75. The van der Waals surface area contributed by atoms with E-state index in [4.69, 9.17) is 14.2 Å². The lowest BCUT2D eigenvalue weighted by Gasteiger charge is -2.12. The zero-order valence-corrected chi connectivity index (χ0v) is 14.6. The van der Waals surface area contributed by atoms with Gasteiger partial charge in [0.05, 0.1) is 20.3 Å². The molecule has 1 atom stereocenters. The average molecular weight is 318 g/mol. The second-order valence-electron chi connectivity index (χ2n) is 5.40. The molecule has 2 aromatic rings. The minimum atomic E-state index is 0.0947. The smallest absolute Gasteiger partial charge is 0.127 e. The first-order chi connectivity index (χ1) is 11.1. The van der Waals surface area contributed by atoms with Crippen LogP contribution in [0, 0.1) is 0 Å². The molecule has 1 aromatic carbocycles. The Hall–Kier alpha value is -2.14. The van der Waals surface area contributed by atoms with E-state index >= 15 is 0 Å². The molecule has 0 amide bonds. The van der Waals surface area contributed by atoms with E-state index in [1.54, 1.807) is 14.2 Å². The molecule has 0 spiro atoms. The van der Waals surface area contributed by atoms with Crippen LogP contribution in [0.25, 0.3) is 0 Å². The quantitative estimate of drug-likeness (QED) is 0.805. The lowest BCUT2D eigenvalue weighted by Crippen LogP contribution is -2.04. The number of aryl methyl sites for hydroxylation is 1. The molecule has 0 aliphatic heterocycles. The Morgan fingerprint density at radius 3 is 2.61 bits per heavy atom. The van der Waals surface area contributed by atoms with E-state index < -0.39 is 0 Å². The standard InChI is InChI=1S/C18H26N2O3/c1-6-23-13(2)15-9-18(20(3)12-15)19-11-14-7-8-16(21-4)10-17(14)22-5/h7-10,12-13,19H,6,11H2,1-5H3. The van der Waals surface area contributed by atoms with E-state index in [-0.39, 0.29) is 6.10 Å². The second kappa shape index (κ2) is 7.92. The van der Waals surface area contributed by atoms with Gasteiger partial charge >= 0.3 is 0 Å². The third-order valence-corrected chi connectivity index (χ3v) is 3.87. The van der Waals surface area contributed by atoms with Crippen LogP contribution in [0.4, 0.5) is 5.82 Å². The maximum absolute atomic E-state index is 5.65. The van der Waals surface area contributed by atoms with E-state index in [0.29, 0.717) is 13.2 Å². The van der Waals surface area contributed by atoms with Crippen LogP contribution < -0.4 is 14.8 Å². The van der Waals surface area contributed by atoms with Crippen molar-refractivity contribution in [2.24, 2.45) is 7.05 Å². The number of benzene rings is 1. The van der Waals surface area contributed by atoms with Crippen molar-refractivity contribution in [2.75, 3.05) is 26.1 Å². The highest BCUT2D eigenvalue weighted by Crippen LogP contribution is 2.26. The van der Waals surface area contributed by atoms with E-state index in [1.807, 2.05) is 32.2 Å². The van der Waals surface area contributed by atoms with Crippen LogP contribution in [0.15, 0.2) is 30.5 Å². The lowest BCUT2D eigenvalue weighted by atomic mass is 10.2. The maximum Gasteiger partial charge on any atom is 0.127 e. The summed E-state index contributed by atoms with van der Waals surface area (Å²) >= 11 is 0. The van der Waals surface area contributed by atoms with Gasteiger partial charge in [-0.1, -0.05) is 0 Å². The van der Waals surface area contributed by atoms with Crippen molar-refractivity contribution in [1.29, 1.82) is 0 Å². The molecule has 1 heterocycles. The van der Waals surface area contributed by atoms with Crippen molar-refractivity contribution in [3.8, 4) is 11.5 Å².